The summed E-state index contributed by atoms with van der Waals surface area (Å²) >= 11 is 0. The summed E-state index contributed by atoms with van der Waals surface area (Å²) in [4.78, 5) is 20.4. The van der Waals surface area contributed by atoms with Crippen LogP contribution in [0.15, 0.2) is 71.3 Å². The second kappa shape index (κ2) is 13.7. The molecule has 0 bridgehead atoms. The molecular formula is C34H45N5O2. The molecule has 2 unspecified atom stereocenters. The van der Waals surface area contributed by atoms with E-state index >= 15 is 0 Å². The van der Waals surface area contributed by atoms with Crippen molar-refractivity contribution in [1.82, 2.24) is 20.3 Å². The van der Waals surface area contributed by atoms with Crippen LogP contribution in [-0.2, 0) is 24.2 Å². The molecule has 3 aliphatic heterocycles. The van der Waals surface area contributed by atoms with Gasteiger partial charge < -0.3 is 19.6 Å². The highest BCUT2D eigenvalue weighted by atomic mass is 16.5. The van der Waals surface area contributed by atoms with E-state index in [2.05, 4.69) is 91.9 Å². The SMILES string of the molecule is O=C(CC1CCNCC1Cc1cc(CN2CCN(c3ccccc3)CC2)on1)N1CCC(Cc2ccccc2)CC1. The molecule has 218 valence electrons. The van der Waals surface area contributed by atoms with Gasteiger partial charge in [0.1, 0.15) is 0 Å². The number of nitrogens with one attached hydrogen (secondary N) is 1. The first-order valence-electron chi connectivity index (χ1n) is 15.7. The lowest BCUT2D eigenvalue weighted by Gasteiger charge is -2.36. The van der Waals surface area contributed by atoms with Crippen molar-refractivity contribution in [3.8, 4) is 0 Å². The third kappa shape index (κ3) is 7.57. The molecule has 1 aromatic heterocycles. The van der Waals surface area contributed by atoms with Gasteiger partial charge >= 0.3 is 0 Å². The molecule has 6 rings (SSSR count). The number of benzene rings is 2. The van der Waals surface area contributed by atoms with Crippen molar-refractivity contribution in [2.75, 3.05) is 57.3 Å². The van der Waals surface area contributed by atoms with E-state index in [9.17, 15) is 4.79 Å². The first-order valence-corrected chi connectivity index (χ1v) is 15.7. The molecule has 7 heteroatoms. The second-order valence-electron chi connectivity index (χ2n) is 12.3. The van der Waals surface area contributed by atoms with Crippen molar-refractivity contribution in [3.63, 3.8) is 0 Å². The zero-order valence-corrected chi connectivity index (χ0v) is 24.3. The molecule has 3 fully saturated rings. The number of nitrogens with zero attached hydrogens (tertiary/aromatic N) is 4. The number of rotatable bonds is 9. The van der Waals surface area contributed by atoms with Gasteiger partial charge in [0.15, 0.2) is 5.76 Å². The number of amides is 1. The van der Waals surface area contributed by atoms with Crippen LogP contribution < -0.4 is 10.2 Å². The maximum absolute atomic E-state index is 13.3. The van der Waals surface area contributed by atoms with Crippen molar-refractivity contribution in [1.29, 1.82) is 0 Å². The van der Waals surface area contributed by atoms with Crippen LogP contribution in [0.25, 0.3) is 0 Å². The zero-order valence-electron chi connectivity index (χ0n) is 24.3. The predicted octanol–water partition coefficient (Wildman–Crippen LogP) is 4.64. The Morgan fingerprint density at radius 3 is 2.34 bits per heavy atom. The number of carbonyl (C=O) groups excluding carboxylic acids is 1. The molecule has 0 saturated carbocycles. The molecule has 7 nitrogen and oxygen atoms in total. The largest absolute Gasteiger partial charge is 0.369 e. The Bertz CT molecular complexity index is 1220. The van der Waals surface area contributed by atoms with Gasteiger partial charge in [0.2, 0.25) is 5.91 Å². The van der Waals surface area contributed by atoms with Gasteiger partial charge in [-0.3, -0.25) is 9.69 Å². The van der Waals surface area contributed by atoms with Crippen molar-refractivity contribution in [2.45, 2.75) is 45.1 Å². The Labute approximate surface area is 244 Å². The lowest BCUT2D eigenvalue weighted by atomic mass is 9.80. The van der Waals surface area contributed by atoms with E-state index in [1.165, 1.54) is 11.3 Å². The summed E-state index contributed by atoms with van der Waals surface area (Å²) in [5.41, 5.74) is 3.74. The summed E-state index contributed by atoms with van der Waals surface area (Å²) in [7, 11) is 0. The molecular weight excluding hydrogens is 510 g/mol. The van der Waals surface area contributed by atoms with E-state index in [4.69, 9.17) is 4.52 Å². The smallest absolute Gasteiger partial charge is 0.222 e. The summed E-state index contributed by atoms with van der Waals surface area (Å²) in [6.07, 6.45) is 5.93. The van der Waals surface area contributed by atoms with Gasteiger partial charge in [-0.15, -0.1) is 0 Å². The van der Waals surface area contributed by atoms with Crippen LogP contribution in [0.4, 0.5) is 5.69 Å². The standard InChI is InChI=1S/C34H45N5O2/c40-34(39-15-12-28(13-16-39)21-27-7-3-1-4-8-27)23-29-11-14-35-25-30(29)22-31-24-33(41-36-31)26-37-17-19-38(20-18-37)32-9-5-2-6-10-32/h1-10,24,28-30,35H,11-23,25-26H2. The minimum absolute atomic E-state index is 0.343. The minimum atomic E-state index is 0.343. The Balaban J connectivity index is 0.956. The maximum Gasteiger partial charge on any atom is 0.222 e. The minimum Gasteiger partial charge on any atom is -0.369 e. The first-order chi connectivity index (χ1) is 20.2. The number of likely N-dealkylation sites (tertiary alicyclic amines) is 1. The number of carbonyl (C=O) groups is 1. The molecule has 3 aliphatic rings. The highest BCUT2D eigenvalue weighted by Gasteiger charge is 2.31. The summed E-state index contributed by atoms with van der Waals surface area (Å²) in [6.45, 7) is 8.64. The highest BCUT2D eigenvalue weighted by Crippen LogP contribution is 2.29. The van der Waals surface area contributed by atoms with E-state index in [0.717, 1.165) is 102 Å². The number of hydrogen-bond acceptors (Lipinski definition) is 6. The molecule has 4 heterocycles. The van der Waals surface area contributed by atoms with Gasteiger partial charge in [-0.25, -0.2) is 0 Å². The van der Waals surface area contributed by atoms with Crippen molar-refractivity contribution in [2.24, 2.45) is 17.8 Å². The van der Waals surface area contributed by atoms with Gasteiger partial charge in [0.05, 0.1) is 12.2 Å². The van der Waals surface area contributed by atoms with E-state index in [1.807, 2.05) is 0 Å². The number of aromatic nitrogens is 1. The van der Waals surface area contributed by atoms with Crippen LogP contribution in [0.5, 0.6) is 0 Å². The van der Waals surface area contributed by atoms with Crippen LogP contribution in [0, 0.1) is 17.8 Å². The average Bonchev–Trinajstić information content (AvgIpc) is 3.46. The van der Waals surface area contributed by atoms with Crippen LogP contribution in [0.1, 0.15) is 42.7 Å². The molecule has 1 N–H and O–H groups in total. The fourth-order valence-electron chi connectivity index (χ4n) is 6.99. The van der Waals surface area contributed by atoms with Crippen molar-refractivity contribution >= 4 is 11.6 Å². The van der Waals surface area contributed by atoms with E-state index in [1.54, 1.807) is 0 Å². The number of piperazine rings is 1. The third-order valence-electron chi connectivity index (χ3n) is 9.49. The molecule has 1 amide bonds. The van der Waals surface area contributed by atoms with Gasteiger partial charge in [0.25, 0.3) is 0 Å². The first kappa shape index (κ1) is 28.0. The molecule has 0 radical (unpaired) electrons. The van der Waals surface area contributed by atoms with Gasteiger partial charge in [-0.2, -0.15) is 0 Å². The topological polar surface area (TPSA) is 64.9 Å². The summed E-state index contributed by atoms with van der Waals surface area (Å²) < 4.78 is 5.78. The third-order valence-corrected chi connectivity index (χ3v) is 9.49. The summed E-state index contributed by atoms with van der Waals surface area (Å²) in [5.74, 6) is 2.79. The molecule has 2 atom stereocenters. The Kier molecular flexibility index (Phi) is 9.33. The predicted molar refractivity (Wildman–Crippen MR) is 163 cm³/mol. The number of hydrogen-bond donors (Lipinski definition) is 1. The molecule has 3 aromatic rings. The van der Waals surface area contributed by atoms with Gasteiger partial charge in [-0.1, -0.05) is 53.7 Å². The average molecular weight is 556 g/mol. The number of anilines is 1. The fraction of sp³-hybridized carbons (Fsp3) is 0.529. The highest BCUT2D eigenvalue weighted by molar-refractivity contribution is 5.76. The summed E-state index contributed by atoms with van der Waals surface area (Å²) in [5, 5.41) is 8.01. The summed E-state index contributed by atoms with van der Waals surface area (Å²) in [6, 6.07) is 23.6. The molecule has 41 heavy (non-hydrogen) atoms. The Hall–Kier alpha value is -3.16. The van der Waals surface area contributed by atoms with Crippen molar-refractivity contribution in [3.05, 3.63) is 83.7 Å². The maximum atomic E-state index is 13.3. The van der Waals surface area contributed by atoms with Gasteiger partial charge in [-0.05, 0) is 80.6 Å². The van der Waals surface area contributed by atoms with Crippen LogP contribution in [0.3, 0.4) is 0 Å². The number of para-hydroxylation sites is 1. The Morgan fingerprint density at radius 1 is 0.854 bits per heavy atom. The lowest BCUT2D eigenvalue weighted by molar-refractivity contribution is -0.134. The molecule has 0 spiro atoms. The van der Waals surface area contributed by atoms with Gasteiger partial charge in [0, 0.05) is 57.4 Å². The molecule has 3 saturated heterocycles. The van der Waals surface area contributed by atoms with E-state index in [0.29, 0.717) is 30.1 Å². The van der Waals surface area contributed by atoms with Crippen LogP contribution >= 0.6 is 0 Å². The van der Waals surface area contributed by atoms with E-state index < -0.39 is 0 Å². The Morgan fingerprint density at radius 2 is 1.59 bits per heavy atom. The van der Waals surface area contributed by atoms with Crippen molar-refractivity contribution < 1.29 is 9.32 Å². The quantitative estimate of drug-likeness (QED) is 0.415. The van der Waals surface area contributed by atoms with Crippen LogP contribution in [0.2, 0.25) is 0 Å². The number of piperidine rings is 2. The van der Waals surface area contributed by atoms with Crippen LogP contribution in [-0.4, -0.2) is 73.2 Å². The molecule has 2 aromatic carbocycles. The zero-order chi connectivity index (χ0) is 27.9. The lowest BCUT2D eigenvalue weighted by Crippen LogP contribution is -2.45. The fourth-order valence-corrected chi connectivity index (χ4v) is 6.99. The normalized spacial score (nSPS) is 22.6. The monoisotopic (exact) mass is 555 g/mol. The second-order valence-corrected chi connectivity index (χ2v) is 12.3. The molecule has 0 aliphatic carbocycles. The van der Waals surface area contributed by atoms with E-state index in [-0.39, 0.29) is 0 Å².